The molecule has 0 saturated heterocycles. The van der Waals surface area contributed by atoms with E-state index in [0.29, 0.717) is 15.6 Å². The Morgan fingerprint density at radius 1 is 1.06 bits per heavy atom. The molecule has 10 heteroatoms. The van der Waals surface area contributed by atoms with Gasteiger partial charge in [-0.15, -0.1) is 0 Å². The molecule has 2 amide bonds. The number of halogens is 2. The largest absolute Gasteiger partial charge is 0.350 e. The number of amides is 2. The predicted molar refractivity (Wildman–Crippen MR) is 138 cm³/mol. The zero-order chi connectivity index (χ0) is 25.8. The van der Waals surface area contributed by atoms with E-state index in [1.807, 2.05) is 20.8 Å². The maximum atomic E-state index is 13.5. The molecular formula is C24H31Cl2N3O4S. The summed E-state index contributed by atoms with van der Waals surface area (Å²) in [7, 11) is -3.83. The highest BCUT2D eigenvalue weighted by molar-refractivity contribution is 7.92. The molecule has 2 aromatic carbocycles. The first-order valence-corrected chi connectivity index (χ1v) is 13.3. The standard InChI is InChI=1S/C24H31Cl2N3O4S/c1-16-11-12-19(13-21(16)26)29(34(6,32)33)15-22(30)28(14-18-9-7-8-10-20(18)25)17(2)23(31)27-24(3,4)5/h7-13,17H,14-15H2,1-6H3,(H,27,31)/t17-/m0/s1. The van der Waals surface area contributed by atoms with Gasteiger partial charge in [-0.3, -0.25) is 13.9 Å². The highest BCUT2D eigenvalue weighted by Gasteiger charge is 2.31. The molecule has 1 N–H and O–H groups in total. The summed E-state index contributed by atoms with van der Waals surface area (Å²) in [6.45, 7) is 8.44. The molecule has 2 aromatic rings. The molecule has 0 spiro atoms. The second-order valence-corrected chi connectivity index (χ2v) is 12.0. The van der Waals surface area contributed by atoms with E-state index in [1.54, 1.807) is 50.2 Å². The molecule has 0 aliphatic rings. The number of hydrogen-bond donors (Lipinski definition) is 1. The van der Waals surface area contributed by atoms with Gasteiger partial charge in [0.05, 0.1) is 11.9 Å². The maximum Gasteiger partial charge on any atom is 0.244 e. The van der Waals surface area contributed by atoms with E-state index in [1.165, 1.54) is 11.0 Å². The van der Waals surface area contributed by atoms with E-state index in [2.05, 4.69) is 5.32 Å². The molecule has 0 bridgehead atoms. The van der Waals surface area contributed by atoms with Crippen LogP contribution in [-0.4, -0.2) is 49.5 Å². The van der Waals surface area contributed by atoms with Crippen LogP contribution in [0.15, 0.2) is 42.5 Å². The van der Waals surface area contributed by atoms with Gasteiger partial charge in [0, 0.05) is 22.1 Å². The van der Waals surface area contributed by atoms with Gasteiger partial charge >= 0.3 is 0 Å². The number of hydrogen-bond acceptors (Lipinski definition) is 4. The summed E-state index contributed by atoms with van der Waals surface area (Å²) in [6, 6.07) is 10.9. The number of nitrogens with one attached hydrogen (secondary N) is 1. The number of nitrogens with zero attached hydrogens (tertiary/aromatic N) is 2. The molecular weight excluding hydrogens is 497 g/mol. The zero-order valence-electron chi connectivity index (χ0n) is 20.2. The third-order valence-corrected chi connectivity index (χ3v) is 7.00. The van der Waals surface area contributed by atoms with E-state index in [0.717, 1.165) is 16.1 Å². The van der Waals surface area contributed by atoms with Crippen molar-refractivity contribution < 1.29 is 18.0 Å². The molecule has 0 unspecified atom stereocenters. The summed E-state index contributed by atoms with van der Waals surface area (Å²) in [4.78, 5) is 27.8. The normalized spacial score (nSPS) is 12.7. The van der Waals surface area contributed by atoms with Crippen LogP contribution in [0.5, 0.6) is 0 Å². The molecule has 7 nitrogen and oxygen atoms in total. The predicted octanol–water partition coefficient (Wildman–Crippen LogP) is 4.40. The lowest BCUT2D eigenvalue weighted by atomic mass is 10.1. The topological polar surface area (TPSA) is 86.8 Å². The molecule has 2 rings (SSSR count). The molecule has 0 aromatic heterocycles. The van der Waals surface area contributed by atoms with Crippen LogP contribution in [0, 0.1) is 6.92 Å². The monoisotopic (exact) mass is 527 g/mol. The second kappa shape index (κ2) is 11.0. The molecule has 0 radical (unpaired) electrons. The smallest absolute Gasteiger partial charge is 0.244 e. The van der Waals surface area contributed by atoms with Crippen molar-refractivity contribution in [3.63, 3.8) is 0 Å². The van der Waals surface area contributed by atoms with Crippen LogP contribution in [0.25, 0.3) is 0 Å². The minimum atomic E-state index is -3.83. The Balaban J connectivity index is 2.44. The fourth-order valence-electron chi connectivity index (χ4n) is 3.22. The summed E-state index contributed by atoms with van der Waals surface area (Å²) < 4.78 is 26.2. The quantitative estimate of drug-likeness (QED) is 0.551. The Kier molecular flexibility index (Phi) is 9.02. The van der Waals surface area contributed by atoms with Crippen molar-refractivity contribution in [1.29, 1.82) is 0 Å². The fraction of sp³-hybridized carbons (Fsp3) is 0.417. The molecule has 0 fully saturated rings. The first kappa shape index (κ1) is 28.0. The van der Waals surface area contributed by atoms with Gasteiger partial charge in [0.2, 0.25) is 21.8 Å². The number of carbonyl (C=O) groups excluding carboxylic acids is 2. The van der Waals surface area contributed by atoms with Crippen LogP contribution in [-0.2, 0) is 26.2 Å². The van der Waals surface area contributed by atoms with Crippen molar-refractivity contribution in [1.82, 2.24) is 10.2 Å². The molecule has 0 saturated carbocycles. The van der Waals surface area contributed by atoms with E-state index in [4.69, 9.17) is 23.2 Å². The van der Waals surface area contributed by atoms with E-state index in [9.17, 15) is 18.0 Å². The highest BCUT2D eigenvalue weighted by atomic mass is 35.5. The van der Waals surface area contributed by atoms with Crippen LogP contribution >= 0.6 is 23.2 Å². The van der Waals surface area contributed by atoms with E-state index >= 15 is 0 Å². The lowest BCUT2D eigenvalue weighted by Crippen LogP contribution is -2.54. The summed E-state index contributed by atoms with van der Waals surface area (Å²) in [5.41, 5.74) is 1.16. The number of carbonyl (C=O) groups is 2. The Bertz CT molecular complexity index is 1160. The number of sulfonamides is 1. The first-order valence-electron chi connectivity index (χ1n) is 10.7. The van der Waals surface area contributed by atoms with Gasteiger partial charge in [0.25, 0.3) is 0 Å². The van der Waals surface area contributed by atoms with Crippen molar-refractivity contribution in [3.05, 3.63) is 63.6 Å². The summed E-state index contributed by atoms with van der Waals surface area (Å²) >= 11 is 12.5. The van der Waals surface area contributed by atoms with E-state index < -0.39 is 34.1 Å². The van der Waals surface area contributed by atoms with Crippen LogP contribution in [0.2, 0.25) is 10.0 Å². The van der Waals surface area contributed by atoms with Crippen LogP contribution in [0.1, 0.15) is 38.8 Å². The van der Waals surface area contributed by atoms with Crippen molar-refractivity contribution in [2.24, 2.45) is 0 Å². The fourth-order valence-corrected chi connectivity index (χ4v) is 4.43. The van der Waals surface area contributed by atoms with Gasteiger partial charge in [-0.05, 0) is 63.9 Å². The molecule has 34 heavy (non-hydrogen) atoms. The van der Waals surface area contributed by atoms with Crippen molar-refractivity contribution in [2.45, 2.75) is 52.7 Å². The molecule has 186 valence electrons. The molecule has 0 aliphatic carbocycles. The maximum absolute atomic E-state index is 13.5. The Hall–Kier alpha value is -2.29. The second-order valence-electron chi connectivity index (χ2n) is 9.23. The number of rotatable bonds is 8. The summed E-state index contributed by atoms with van der Waals surface area (Å²) in [5, 5.41) is 3.69. The van der Waals surface area contributed by atoms with Gasteiger partial charge in [0.1, 0.15) is 12.6 Å². The van der Waals surface area contributed by atoms with Gasteiger partial charge < -0.3 is 10.2 Å². The average molecular weight is 529 g/mol. The van der Waals surface area contributed by atoms with Crippen LogP contribution in [0.3, 0.4) is 0 Å². The van der Waals surface area contributed by atoms with Gasteiger partial charge in [-0.1, -0.05) is 47.5 Å². The Morgan fingerprint density at radius 3 is 2.21 bits per heavy atom. The Labute approximate surface area is 212 Å². The van der Waals surface area contributed by atoms with E-state index in [-0.39, 0.29) is 18.1 Å². The van der Waals surface area contributed by atoms with Gasteiger partial charge in [-0.25, -0.2) is 8.42 Å². The third-order valence-electron chi connectivity index (χ3n) is 5.09. The average Bonchev–Trinajstić information content (AvgIpc) is 2.70. The lowest BCUT2D eigenvalue weighted by Gasteiger charge is -2.33. The SMILES string of the molecule is Cc1ccc(N(CC(=O)N(Cc2ccccc2Cl)[C@@H](C)C(=O)NC(C)(C)C)S(C)(=O)=O)cc1Cl. The minimum absolute atomic E-state index is 0.0312. The molecule has 0 aliphatic heterocycles. The minimum Gasteiger partial charge on any atom is -0.350 e. The van der Waals surface area contributed by atoms with Crippen LogP contribution in [0.4, 0.5) is 5.69 Å². The Morgan fingerprint density at radius 2 is 1.68 bits per heavy atom. The molecule has 0 heterocycles. The van der Waals surface area contributed by atoms with Crippen LogP contribution < -0.4 is 9.62 Å². The van der Waals surface area contributed by atoms with Crippen molar-refractivity contribution in [3.8, 4) is 0 Å². The van der Waals surface area contributed by atoms with Crippen molar-refractivity contribution >= 4 is 50.7 Å². The van der Waals surface area contributed by atoms with Gasteiger partial charge in [0.15, 0.2) is 0 Å². The summed E-state index contributed by atoms with van der Waals surface area (Å²) in [6.07, 6.45) is 1.02. The zero-order valence-corrected chi connectivity index (χ0v) is 22.6. The number of benzene rings is 2. The first-order chi connectivity index (χ1) is 15.6. The molecule has 1 atom stereocenters. The number of aryl methyl sites for hydroxylation is 1. The lowest BCUT2D eigenvalue weighted by molar-refractivity contribution is -0.140. The highest BCUT2D eigenvalue weighted by Crippen LogP contribution is 2.26. The number of anilines is 1. The summed E-state index contributed by atoms with van der Waals surface area (Å²) in [5.74, 6) is -0.921. The van der Waals surface area contributed by atoms with Gasteiger partial charge in [-0.2, -0.15) is 0 Å². The third kappa shape index (κ3) is 7.61. The van der Waals surface area contributed by atoms with Crippen molar-refractivity contribution in [2.75, 3.05) is 17.1 Å².